The van der Waals surface area contributed by atoms with Gasteiger partial charge in [0.15, 0.2) is 5.82 Å². The third-order valence-corrected chi connectivity index (χ3v) is 5.42. The lowest BCUT2D eigenvalue weighted by atomic mass is 10.2. The van der Waals surface area contributed by atoms with Crippen LogP contribution in [-0.4, -0.2) is 50.8 Å². The van der Waals surface area contributed by atoms with Gasteiger partial charge in [0.1, 0.15) is 5.02 Å². The van der Waals surface area contributed by atoms with Crippen LogP contribution < -0.4 is 10.5 Å². The number of anilines is 1. The number of piperazine rings is 1. The Bertz CT molecular complexity index is 1100. The highest BCUT2D eigenvalue weighted by atomic mass is 35.5. The van der Waals surface area contributed by atoms with Gasteiger partial charge in [-0.15, -0.1) is 0 Å². The van der Waals surface area contributed by atoms with E-state index in [1.807, 2.05) is 17.0 Å². The fraction of sp³-hybridized carbons (Fsp3) is 0.300. The summed E-state index contributed by atoms with van der Waals surface area (Å²) in [5, 5.41) is 4.03. The lowest BCUT2D eigenvalue weighted by Crippen LogP contribution is -2.46. The SMILES string of the molecule is O=c1c(Cl)c(N2CCN(Cc3ccncc3)CC2)cnn1-c1ccc(C(F)(F)F)cn1. The maximum Gasteiger partial charge on any atom is 0.417 e. The fourth-order valence-corrected chi connectivity index (χ4v) is 3.63. The number of rotatable bonds is 4. The number of alkyl halides is 3. The van der Waals surface area contributed by atoms with E-state index in [0.717, 1.165) is 36.4 Å². The second-order valence-electron chi connectivity index (χ2n) is 7.08. The monoisotopic (exact) mass is 450 g/mol. The molecule has 1 aliphatic rings. The first-order chi connectivity index (χ1) is 14.8. The Morgan fingerprint density at radius 2 is 1.71 bits per heavy atom. The van der Waals surface area contributed by atoms with E-state index in [9.17, 15) is 18.0 Å². The van der Waals surface area contributed by atoms with Crippen LogP contribution in [0.25, 0.3) is 5.82 Å². The highest BCUT2D eigenvalue weighted by Crippen LogP contribution is 2.29. The largest absolute Gasteiger partial charge is 0.417 e. The summed E-state index contributed by atoms with van der Waals surface area (Å²) in [6.07, 6.45) is 1.12. The predicted molar refractivity (Wildman–Crippen MR) is 109 cm³/mol. The number of hydrogen-bond acceptors (Lipinski definition) is 6. The zero-order chi connectivity index (χ0) is 22.0. The number of nitrogens with zero attached hydrogens (tertiary/aromatic N) is 6. The summed E-state index contributed by atoms with van der Waals surface area (Å²) in [6, 6.07) is 5.88. The summed E-state index contributed by atoms with van der Waals surface area (Å²) < 4.78 is 39.0. The number of hydrogen-bond donors (Lipinski definition) is 0. The van der Waals surface area contributed by atoms with Gasteiger partial charge < -0.3 is 4.90 Å². The molecule has 11 heteroatoms. The number of halogens is 4. The van der Waals surface area contributed by atoms with E-state index in [2.05, 4.69) is 20.0 Å². The standard InChI is InChI=1S/C20H18ClF3N6O/c21-18-16(29-9-7-28(8-10-29)13-14-3-5-25-6-4-14)12-27-30(19(18)31)17-2-1-15(11-26-17)20(22,23)24/h1-6,11-12H,7-10,13H2. The van der Waals surface area contributed by atoms with E-state index < -0.39 is 17.3 Å². The smallest absolute Gasteiger partial charge is 0.366 e. The first kappa shape index (κ1) is 21.3. The van der Waals surface area contributed by atoms with E-state index in [0.29, 0.717) is 25.0 Å². The fourth-order valence-electron chi connectivity index (χ4n) is 3.38. The van der Waals surface area contributed by atoms with Gasteiger partial charge >= 0.3 is 6.18 Å². The summed E-state index contributed by atoms with van der Waals surface area (Å²) >= 11 is 6.31. The molecule has 0 N–H and O–H groups in total. The maximum atomic E-state index is 12.7. The first-order valence-corrected chi connectivity index (χ1v) is 9.88. The van der Waals surface area contributed by atoms with Crippen LogP contribution in [-0.2, 0) is 12.7 Å². The molecule has 31 heavy (non-hydrogen) atoms. The van der Waals surface area contributed by atoms with E-state index in [-0.39, 0.29) is 10.8 Å². The van der Waals surface area contributed by atoms with Crippen LogP contribution >= 0.6 is 11.6 Å². The molecule has 4 rings (SSSR count). The molecule has 1 aliphatic heterocycles. The van der Waals surface area contributed by atoms with Crippen LogP contribution in [0.15, 0.2) is 53.8 Å². The summed E-state index contributed by atoms with van der Waals surface area (Å²) in [5.74, 6) is -0.0337. The predicted octanol–water partition coefficient (Wildman–Crippen LogP) is 3.02. The highest BCUT2D eigenvalue weighted by Gasteiger charge is 2.31. The minimum Gasteiger partial charge on any atom is -0.366 e. The molecule has 4 heterocycles. The van der Waals surface area contributed by atoms with E-state index in [1.54, 1.807) is 12.4 Å². The molecule has 3 aromatic heterocycles. The van der Waals surface area contributed by atoms with Gasteiger partial charge in [0.05, 0.1) is 17.4 Å². The van der Waals surface area contributed by atoms with Crippen LogP contribution in [0, 0.1) is 0 Å². The van der Waals surface area contributed by atoms with Crippen molar-refractivity contribution in [1.29, 1.82) is 0 Å². The summed E-state index contributed by atoms with van der Waals surface area (Å²) in [5.41, 5.74) is 0.135. The van der Waals surface area contributed by atoms with Crippen LogP contribution in [0.2, 0.25) is 5.02 Å². The van der Waals surface area contributed by atoms with Crippen molar-refractivity contribution in [3.8, 4) is 5.82 Å². The minimum absolute atomic E-state index is 0.0337. The van der Waals surface area contributed by atoms with Gasteiger partial charge in [-0.05, 0) is 29.8 Å². The van der Waals surface area contributed by atoms with Crippen molar-refractivity contribution < 1.29 is 13.2 Å². The molecule has 0 bridgehead atoms. The quantitative estimate of drug-likeness (QED) is 0.608. The van der Waals surface area contributed by atoms with E-state index in [1.165, 1.54) is 11.8 Å². The van der Waals surface area contributed by atoms with Crippen molar-refractivity contribution in [2.75, 3.05) is 31.1 Å². The molecule has 162 valence electrons. The van der Waals surface area contributed by atoms with Crippen LogP contribution in [0.5, 0.6) is 0 Å². The third kappa shape index (κ3) is 4.70. The first-order valence-electron chi connectivity index (χ1n) is 9.50. The number of pyridine rings is 2. The summed E-state index contributed by atoms with van der Waals surface area (Å²) in [4.78, 5) is 24.7. The lowest BCUT2D eigenvalue weighted by molar-refractivity contribution is -0.137. The van der Waals surface area contributed by atoms with Crippen molar-refractivity contribution in [3.05, 3.63) is 75.6 Å². The van der Waals surface area contributed by atoms with Gasteiger partial charge in [-0.1, -0.05) is 11.6 Å². The molecule has 7 nitrogen and oxygen atoms in total. The molecule has 0 aliphatic carbocycles. The maximum absolute atomic E-state index is 12.7. The number of aromatic nitrogens is 4. The average molecular weight is 451 g/mol. The van der Waals surface area contributed by atoms with Crippen molar-refractivity contribution in [3.63, 3.8) is 0 Å². The average Bonchev–Trinajstić information content (AvgIpc) is 2.77. The van der Waals surface area contributed by atoms with Crippen LogP contribution in [0.1, 0.15) is 11.1 Å². The Balaban J connectivity index is 1.47. The molecule has 0 aromatic carbocycles. The molecule has 0 unspecified atom stereocenters. The normalized spacial score (nSPS) is 15.3. The molecular formula is C20H18ClF3N6O. The van der Waals surface area contributed by atoms with Gasteiger partial charge in [-0.3, -0.25) is 14.7 Å². The van der Waals surface area contributed by atoms with Crippen molar-refractivity contribution >= 4 is 17.3 Å². The van der Waals surface area contributed by atoms with E-state index >= 15 is 0 Å². The summed E-state index contributed by atoms with van der Waals surface area (Å²) in [7, 11) is 0. The van der Waals surface area contributed by atoms with Gasteiger partial charge in [0.2, 0.25) is 0 Å². The Morgan fingerprint density at radius 1 is 1.00 bits per heavy atom. The van der Waals surface area contributed by atoms with Gasteiger partial charge in [-0.25, -0.2) is 4.98 Å². The van der Waals surface area contributed by atoms with Crippen molar-refractivity contribution in [1.82, 2.24) is 24.6 Å². The zero-order valence-corrected chi connectivity index (χ0v) is 17.0. The highest BCUT2D eigenvalue weighted by molar-refractivity contribution is 6.33. The molecular weight excluding hydrogens is 433 g/mol. The Kier molecular flexibility index (Phi) is 5.92. The minimum atomic E-state index is -4.51. The van der Waals surface area contributed by atoms with Gasteiger partial charge in [-0.2, -0.15) is 23.0 Å². The lowest BCUT2D eigenvalue weighted by Gasteiger charge is -2.36. The molecule has 0 radical (unpaired) electrons. The van der Waals surface area contributed by atoms with E-state index in [4.69, 9.17) is 11.6 Å². The van der Waals surface area contributed by atoms with Crippen LogP contribution in [0.3, 0.4) is 0 Å². The molecule has 0 spiro atoms. The molecule has 1 saturated heterocycles. The van der Waals surface area contributed by atoms with Crippen LogP contribution in [0.4, 0.5) is 18.9 Å². The second kappa shape index (κ2) is 8.64. The van der Waals surface area contributed by atoms with Gasteiger partial charge in [0.25, 0.3) is 5.56 Å². The summed E-state index contributed by atoms with van der Waals surface area (Å²) in [6.45, 7) is 3.69. The second-order valence-corrected chi connectivity index (χ2v) is 7.46. The Morgan fingerprint density at radius 3 is 2.32 bits per heavy atom. The molecule has 3 aromatic rings. The van der Waals surface area contributed by atoms with Gasteiger partial charge in [0, 0.05) is 51.3 Å². The third-order valence-electron chi connectivity index (χ3n) is 5.06. The molecule has 0 atom stereocenters. The Labute approximate surface area is 180 Å². The topological polar surface area (TPSA) is 67.2 Å². The molecule has 1 fully saturated rings. The zero-order valence-electron chi connectivity index (χ0n) is 16.3. The molecule has 0 saturated carbocycles. The Hall–Kier alpha value is -2.98. The molecule has 0 amide bonds. The van der Waals surface area contributed by atoms with Crippen molar-refractivity contribution in [2.45, 2.75) is 12.7 Å². The van der Waals surface area contributed by atoms with Crippen molar-refractivity contribution in [2.24, 2.45) is 0 Å².